The summed E-state index contributed by atoms with van der Waals surface area (Å²) < 4.78 is 0. The van der Waals surface area contributed by atoms with Crippen molar-refractivity contribution >= 4 is 5.91 Å². The maximum atomic E-state index is 12.5. The summed E-state index contributed by atoms with van der Waals surface area (Å²) in [5.74, 6) is 1.17. The van der Waals surface area contributed by atoms with Gasteiger partial charge >= 0.3 is 0 Å². The summed E-state index contributed by atoms with van der Waals surface area (Å²) in [6, 6.07) is 11.8. The quantitative estimate of drug-likeness (QED) is 0.875. The first kappa shape index (κ1) is 15.5. The summed E-state index contributed by atoms with van der Waals surface area (Å²) in [7, 11) is 0. The fourth-order valence-corrected chi connectivity index (χ4v) is 4.13. The van der Waals surface area contributed by atoms with Gasteiger partial charge < -0.3 is 10.6 Å². The fourth-order valence-electron chi connectivity index (χ4n) is 4.13. The van der Waals surface area contributed by atoms with Crippen LogP contribution in [0.5, 0.6) is 0 Å². The highest BCUT2D eigenvalue weighted by atomic mass is 16.1. The molecule has 0 radical (unpaired) electrons. The van der Waals surface area contributed by atoms with Crippen LogP contribution in [-0.4, -0.2) is 18.0 Å². The lowest BCUT2D eigenvalue weighted by Gasteiger charge is -2.30. The number of amides is 1. The minimum atomic E-state index is 0.118. The molecule has 2 N–H and O–H groups in total. The Balaban J connectivity index is 1.57. The van der Waals surface area contributed by atoms with Gasteiger partial charge in [0.25, 0.3) is 0 Å². The first-order valence-corrected chi connectivity index (χ1v) is 8.72. The minimum absolute atomic E-state index is 0.118. The summed E-state index contributed by atoms with van der Waals surface area (Å²) in [4.78, 5) is 12.5. The molecule has 2 fully saturated rings. The molecule has 0 aliphatic carbocycles. The zero-order valence-electron chi connectivity index (χ0n) is 13.7. The fraction of sp³-hybridized carbons (Fsp3) is 0.632. The van der Waals surface area contributed by atoms with Crippen molar-refractivity contribution in [3.05, 3.63) is 35.9 Å². The molecule has 3 heteroatoms. The van der Waals surface area contributed by atoms with Gasteiger partial charge in [0.15, 0.2) is 0 Å². The summed E-state index contributed by atoms with van der Waals surface area (Å²) >= 11 is 0. The Labute approximate surface area is 133 Å². The first-order valence-electron chi connectivity index (χ1n) is 8.72. The highest BCUT2D eigenvalue weighted by molar-refractivity contribution is 5.76. The minimum Gasteiger partial charge on any atom is -0.349 e. The highest BCUT2D eigenvalue weighted by Crippen LogP contribution is 2.33. The predicted octanol–water partition coefficient (Wildman–Crippen LogP) is 3.42. The molecule has 3 nitrogen and oxygen atoms in total. The Morgan fingerprint density at radius 2 is 1.82 bits per heavy atom. The Hall–Kier alpha value is -1.35. The van der Waals surface area contributed by atoms with Gasteiger partial charge in [0.1, 0.15) is 0 Å². The van der Waals surface area contributed by atoms with Crippen LogP contribution in [0.2, 0.25) is 0 Å². The average molecular weight is 300 g/mol. The van der Waals surface area contributed by atoms with Gasteiger partial charge in [0, 0.05) is 18.5 Å². The van der Waals surface area contributed by atoms with Crippen LogP contribution in [-0.2, 0) is 4.79 Å². The second-order valence-electron chi connectivity index (χ2n) is 7.38. The number of hydrogen-bond acceptors (Lipinski definition) is 2. The third-order valence-electron chi connectivity index (χ3n) is 5.19. The van der Waals surface area contributed by atoms with Crippen LogP contribution in [0.4, 0.5) is 0 Å². The molecule has 2 saturated heterocycles. The van der Waals surface area contributed by atoms with Gasteiger partial charge in [0.2, 0.25) is 5.91 Å². The molecule has 0 aromatic heterocycles. The molecule has 3 rings (SSSR count). The van der Waals surface area contributed by atoms with E-state index in [1.807, 2.05) is 18.2 Å². The van der Waals surface area contributed by atoms with E-state index in [-0.39, 0.29) is 11.9 Å². The molecule has 3 atom stereocenters. The van der Waals surface area contributed by atoms with Crippen LogP contribution in [0, 0.1) is 11.8 Å². The number of hydrogen-bond donors (Lipinski definition) is 2. The van der Waals surface area contributed by atoms with Crippen molar-refractivity contribution in [2.75, 3.05) is 0 Å². The van der Waals surface area contributed by atoms with E-state index in [0.717, 1.165) is 0 Å². The van der Waals surface area contributed by atoms with Crippen molar-refractivity contribution in [3.8, 4) is 0 Å². The maximum absolute atomic E-state index is 12.5. The highest BCUT2D eigenvalue weighted by Gasteiger charge is 2.34. The first-order chi connectivity index (χ1) is 10.6. The molecule has 0 saturated carbocycles. The van der Waals surface area contributed by atoms with E-state index in [1.54, 1.807) is 0 Å². The molecule has 2 heterocycles. The van der Waals surface area contributed by atoms with Gasteiger partial charge in [-0.2, -0.15) is 0 Å². The lowest BCUT2D eigenvalue weighted by Crippen LogP contribution is -2.40. The van der Waals surface area contributed by atoms with Crippen molar-refractivity contribution in [1.82, 2.24) is 10.6 Å². The molecule has 0 spiro atoms. The van der Waals surface area contributed by atoms with Crippen molar-refractivity contribution in [1.29, 1.82) is 0 Å². The monoisotopic (exact) mass is 300 g/mol. The lowest BCUT2D eigenvalue weighted by molar-refractivity contribution is -0.123. The average Bonchev–Trinajstić information content (AvgIpc) is 2.84. The summed E-state index contributed by atoms with van der Waals surface area (Å²) in [6.07, 6.45) is 5.61. The van der Waals surface area contributed by atoms with Crippen LogP contribution in [0.25, 0.3) is 0 Å². The molecule has 1 aromatic rings. The van der Waals surface area contributed by atoms with Gasteiger partial charge in [-0.1, -0.05) is 44.2 Å². The number of rotatable bonds is 5. The van der Waals surface area contributed by atoms with E-state index in [0.29, 0.717) is 30.3 Å². The van der Waals surface area contributed by atoms with Crippen LogP contribution >= 0.6 is 0 Å². The van der Waals surface area contributed by atoms with E-state index in [9.17, 15) is 4.79 Å². The normalized spacial score (nSPS) is 28.6. The summed E-state index contributed by atoms with van der Waals surface area (Å²) in [5, 5.41) is 6.92. The van der Waals surface area contributed by atoms with Gasteiger partial charge in [0.05, 0.1) is 6.04 Å². The van der Waals surface area contributed by atoms with Crippen molar-refractivity contribution in [3.63, 3.8) is 0 Å². The third-order valence-corrected chi connectivity index (χ3v) is 5.19. The van der Waals surface area contributed by atoms with Crippen LogP contribution in [0.1, 0.15) is 57.6 Å². The molecule has 1 aromatic carbocycles. The van der Waals surface area contributed by atoms with Crippen LogP contribution in [0.3, 0.4) is 0 Å². The summed E-state index contributed by atoms with van der Waals surface area (Å²) in [6.45, 7) is 4.34. The van der Waals surface area contributed by atoms with Crippen molar-refractivity contribution in [2.24, 2.45) is 11.8 Å². The molecule has 120 valence electrons. The second-order valence-corrected chi connectivity index (χ2v) is 7.38. The van der Waals surface area contributed by atoms with Gasteiger partial charge in [-0.25, -0.2) is 0 Å². The molecular weight excluding hydrogens is 272 g/mol. The molecule has 2 bridgehead atoms. The van der Waals surface area contributed by atoms with E-state index < -0.39 is 0 Å². The molecule has 2 aliphatic heterocycles. The van der Waals surface area contributed by atoms with Crippen LogP contribution < -0.4 is 10.6 Å². The third kappa shape index (κ3) is 3.70. The molecule has 22 heavy (non-hydrogen) atoms. The second kappa shape index (κ2) is 6.82. The van der Waals surface area contributed by atoms with Gasteiger partial charge in [-0.05, 0) is 43.1 Å². The lowest BCUT2D eigenvalue weighted by atomic mass is 9.89. The molecule has 3 unspecified atom stereocenters. The molecular formula is C19H28N2O. The largest absolute Gasteiger partial charge is 0.349 e. The topological polar surface area (TPSA) is 41.1 Å². The summed E-state index contributed by atoms with van der Waals surface area (Å²) in [5.41, 5.74) is 1.20. The van der Waals surface area contributed by atoms with Gasteiger partial charge in [-0.15, -0.1) is 0 Å². The number of nitrogens with one attached hydrogen (secondary N) is 2. The number of carbonyl (C=O) groups is 1. The standard InChI is InChI=1S/C19H28N2O/c1-13(2)19(15-6-4-3-5-7-15)21-18(22)12-14-10-16-8-9-17(11-14)20-16/h3-7,13-14,16-17,19-20H,8-12H2,1-2H3,(H,21,22). The Bertz CT molecular complexity index is 487. The number of piperidine rings is 1. The SMILES string of the molecule is CC(C)C(NC(=O)CC1CC2CCC(C1)N2)c1ccccc1. The predicted molar refractivity (Wildman–Crippen MR) is 89.5 cm³/mol. The molecule has 2 aliphatic rings. The number of benzene rings is 1. The van der Waals surface area contributed by atoms with E-state index in [4.69, 9.17) is 0 Å². The van der Waals surface area contributed by atoms with Crippen molar-refractivity contribution in [2.45, 2.75) is 64.1 Å². The number of carbonyl (C=O) groups excluding carboxylic acids is 1. The van der Waals surface area contributed by atoms with E-state index in [1.165, 1.54) is 31.2 Å². The Kier molecular flexibility index (Phi) is 4.82. The van der Waals surface area contributed by atoms with E-state index in [2.05, 4.69) is 36.6 Å². The molecule has 1 amide bonds. The maximum Gasteiger partial charge on any atom is 0.220 e. The number of fused-ring (bicyclic) bond motifs is 2. The zero-order chi connectivity index (χ0) is 15.5. The van der Waals surface area contributed by atoms with Crippen LogP contribution in [0.15, 0.2) is 30.3 Å². The Morgan fingerprint density at radius 3 is 2.41 bits per heavy atom. The zero-order valence-corrected chi connectivity index (χ0v) is 13.7. The van der Waals surface area contributed by atoms with Gasteiger partial charge in [-0.3, -0.25) is 4.79 Å². The Morgan fingerprint density at radius 1 is 1.18 bits per heavy atom. The van der Waals surface area contributed by atoms with E-state index >= 15 is 0 Å². The smallest absolute Gasteiger partial charge is 0.220 e. The van der Waals surface area contributed by atoms with Crippen molar-refractivity contribution < 1.29 is 4.79 Å².